The molecule has 0 fully saturated rings. The molecule has 3 aromatic rings. The Balaban J connectivity index is 1.59. The number of ether oxygens (including phenoxy) is 1. The van der Waals surface area contributed by atoms with Gasteiger partial charge in [0.1, 0.15) is 11.9 Å². The molecule has 1 atom stereocenters. The van der Waals surface area contributed by atoms with Gasteiger partial charge in [0.25, 0.3) is 5.91 Å². The fraction of sp³-hybridized carbons (Fsp3) is 0.200. The van der Waals surface area contributed by atoms with Crippen LogP contribution in [0.25, 0.3) is 5.57 Å². The molecule has 0 saturated heterocycles. The van der Waals surface area contributed by atoms with Gasteiger partial charge in [0.05, 0.1) is 11.7 Å². The summed E-state index contributed by atoms with van der Waals surface area (Å²) in [7, 11) is 0. The lowest BCUT2D eigenvalue weighted by Crippen LogP contribution is -2.34. The van der Waals surface area contributed by atoms with Crippen molar-refractivity contribution in [2.75, 3.05) is 10.6 Å². The predicted molar refractivity (Wildman–Crippen MR) is 143 cm³/mol. The van der Waals surface area contributed by atoms with E-state index in [0.717, 1.165) is 17.7 Å². The van der Waals surface area contributed by atoms with Crippen LogP contribution in [0.1, 0.15) is 36.1 Å². The van der Waals surface area contributed by atoms with Gasteiger partial charge in [0, 0.05) is 29.4 Å². The summed E-state index contributed by atoms with van der Waals surface area (Å²) in [6.45, 7) is 3.81. The number of carbonyl (C=O) groups excluding carboxylic acids is 2. The van der Waals surface area contributed by atoms with E-state index < -0.39 is 29.7 Å². The van der Waals surface area contributed by atoms with E-state index in [-0.39, 0.29) is 12.5 Å². The third-order valence-corrected chi connectivity index (χ3v) is 5.96. The zero-order chi connectivity index (χ0) is 28.2. The number of nitrogens with one attached hydrogen (secondary N) is 2. The van der Waals surface area contributed by atoms with Gasteiger partial charge in [-0.1, -0.05) is 42.5 Å². The van der Waals surface area contributed by atoms with Crippen molar-refractivity contribution in [1.82, 2.24) is 0 Å². The number of amides is 2. The Morgan fingerprint density at radius 1 is 1.05 bits per heavy atom. The molecule has 0 radical (unpaired) electrons. The van der Waals surface area contributed by atoms with Gasteiger partial charge in [-0.25, -0.2) is 0 Å². The predicted octanol–water partition coefficient (Wildman–Crippen LogP) is 5.97. The summed E-state index contributed by atoms with van der Waals surface area (Å²) in [4.78, 5) is 24.4. The fourth-order valence-corrected chi connectivity index (χ4v) is 4.13. The number of benzene rings is 3. The maximum Gasteiger partial charge on any atom is 0.416 e. The molecule has 4 rings (SSSR count). The number of alkyl halides is 3. The molecule has 0 saturated carbocycles. The van der Waals surface area contributed by atoms with E-state index in [2.05, 4.69) is 10.6 Å². The molecule has 0 spiro atoms. The maximum absolute atomic E-state index is 13.1. The summed E-state index contributed by atoms with van der Waals surface area (Å²) in [5.41, 5.74) is 2.68. The Morgan fingerprint density at radius 3 is 2.31 bits per heavy atom. The van der Waals surface area contributed by atoms with Crippen LogP contribution < -0.4 is 15.4 Å². The van der Waals surface area contributed by atoms with Crippen LogP contribution in [0, 0.1) is 0 Å². The Hall–Kier alpha value is -4.37. The van der Waals surface area contributed by atoms with Crippen LogP contribution in [0.4, 0.5) is 24.5 Å². The lowest BCUT2D eigenvalue weighted by atomic mass is 9.96. The average Bonchev–Trinajstić information content (AvgIpc) is 2.88. The first-order valence-corrected chi connectivity index (χ1v) is 12.3. The van der Waals surface area contributed by atoms with Crippen LogP contribution in [0.2, 0.25) is 0 Å². The summed E-state index contributed by atoms with van der Waals surface area (Å²) >= 11 is 0. The number of carbonyl (C=O) groups is 2. The maximum atomic E-state index is 13.1. The van der Waals surface area contributed by atoms with Gasteiger partial charge >= 0.3 is 6.18 Å². The van der Waals surface area contributed by atoms with Crippen molar-refractivity contribution in [3.63, 3.8) is 0 Å². The topological polar surface area (TPSA) is 87.7 Å². The summed E-state index contributed by atoms with van der Waals surface area (Å²) in [5.74, 6) is -0.308. The number of aliphatic hydroxyl groups excluding tert-OH is 1. The number of rotatable bonds is 7. The largest absolute Gasteiger partial charge is 0.491 e. The van der Waals surface area contributed by atoms with Crippen molar-refractivity contribution in [2.45, 2.75) is 38.7 Å². The van der Waals surface area contributed by atoms with E-state index in [4.69, 9.17) is 4.74 Å². The molecular weight excluding hydrogens is 509 g/mol. The number of fused-ring (bicyclic) bond motifs is 1. The summed E-state index contributed by atoms with van der Waals surface area (Å²) in [6, 6.07) is 17.0. The number of anilines is 2. The zero-order valence-corrected chi connectivity index (χ0v) is 21.3. The second-order valence-electron chi connectivity index (χ2n) is 9.24. The molecule has 3 aromatic carbocycles. The molecule has 0 aromatic heterocycles. The molecule has 1 heterocycles. The second-order valence-corrected chi connectivity index (χ2v) is 9.24. The first kappa shape index (κ1) is 27.7. The number of hydrogen-bond acceptors (Lipinski definition) is 4. The average molecular weight is 537 g/mol. The van der Waals surface area contributed by atoms with Gasteiger partial charge in [-0.3, -0.25) is 9.59 Å². The summed E-state index contributed by atoms with van der Waals surface area (Å²) in [6.07, 6.45) is -1.17. The minimum Gasteiger partial charge on any atom is -0.491 e. The van der Waals surface area contributed by atoms with Crippen LogP contribution in [-0.2, 0) is 22.2 Å². The van der Waals surface area contributed by atoms with Crippen LogP contribution in [0.3, 0.4) is 0 Å². The molecule has 2 amide bonds. The van der Waals surface area contributed by atoms with Gasteiger partial charge in [0.15, 0.2) is 0 Å². The summed E-state index contributed by atoms with van der Waals surface area (Å²) < 4.78 is 44.9. The number of allylic oxidation sites excluding steroid dienone is 2. The van der Waals surface area contributed by atoms with Crippen LogP contribution >= 0.6 is 0 Å². The van der Waals surface area contributed by atoms with Crippen molar-refractivity contribution in [1.29, 1.82) is 0 Å². The van der Waals surface area contributed by atoms with Crippen molar-refractivity contribution in [2.24, 2.45) is 0 Å². The molecule has 202 valence electrons. The molecule has 0 bridgehead atoms. The smallest absolute Gasteiger partial charge is 0.416 e. The second kappa shape index (κ2) is 11.6. The molecule has 0 aliphatic carbocycles. The number of aliphatic hydroxyl groups is 1. The van der Waals surface area contributed by atoms with E-state index in [1.165, 1.54) is 24.3 Å². The van der Waals surface area contributed by atoms with Gasteiger partial charge in [0.2, 0.25) is 5.91 Å². The minimum absolute atomic E-state index is 0.0167. The Bertz CT molecular complexity index is 1410. The Kier molecular flexibility index (Phi) is 8.21. The molecular formula is C30H27F3N2O4. The van der Waals surface area contributed by atoms with Crippen molar-refractivity contribution >= 4 is 28.8 Å². The zero-order valence-electron chi connectivity index (χ0n) is 21.3. The van der Waals surface area contributed by atoms with Gasteiger partial charge in [-0.05, 0) is 66.9 Å². The molecule has 6 nitrogen and oxygen atoms in total. The quantitative estimate of drug-likeness (QED) is 0.256. The molecule has 0 unspecified atom stereocenters. The summed E-state index contributed by atoms with van der Waals surface area (Å²) in [5, 5.41) is 15.3. The highest BCUT2D eigenvalue weighted by Gasteiger charge is 2.30. The van der Waals surface area contributed by atoms with Crippen LogP contribution in [-0.4, -0.2) is 29.1 Å². The number of halogens is 3. The lowest BCUT2D eigenvalue weighted by molar-refractivity contribution is -0.137. The third kappa shape index (κ3) is 6.94. The SMILES string of the molecule is CC(C)Oc1ccc(C(=CC=CC(=O)Nc2cccc3c2C[C@@H](O)C(=O)N3)c2ccc(C(F)(F)F)cc2)cc1. The van der Waals surface area contributed by atoms with Crippen LogP contribution in [0.15, 0.2) is 85.0 Å². The normalized spacial score (nSPS) is 15.7. The van der Waals surface area contributed by atoms with E-state index in [9.17, 15) is 27.9 Å². The molecule has 1 aliphatic heterocycles. The monoisotopic (exact) mass is 536 g/mol. The minimum atomic E-state index is -4.45. The highest BCUT2D eigenvalue weighted by atomic mass is 19.4. The van der Waals surface area contributed by atoms with E-state index >= 15 is 0 Å². The van der Waals surface area contributed by atoms with Gasteiger partial charge < -0.3 is 20.5 Å². The van der Waals surface area contributed by atoms with Crippen molar-refractivity contribution < 1.29 is 32.6 Å². The van der Waals surface area contributed by atoms with Gasteiger partial charge in [-0.2, -0.15) is 13.2 Å². The van der Waals surface area contributed by atoms with Crippen molar-refractivity contribution in [3.05, 3.63) is 107 Å². The van der Waals surface area contributed by atoms with Gasteiger partial charge in [-0.15, -0.1) is 0 Å². The highest BCUT2D eigenvalue weighted by molar-refractivity contribution is 6.03. The highest BCUT2D eigenvalue weighted by Crippen LogP contribution is 2.32. The lowest BCUT2D eigenvalue weighted by Gasteiger charge is -2.23. The standard InChI is InChI=1S/C30H27F3N2O4/c1-18(2)39-22-15-11-20(12-16-22)23(19-9-13-21(14-10-19)30(31,32)33)5-3-8-28(37)34-25-6-4-7-26-24(25)17-27(36)29(38)35-26/h3-16,18,27,36H,17H2,1-2H3,(H,34,37)(H,35,38)/t27-/m1/s1. The first-order chi connectivity index (χ1) is 18.5. The Labute approximate surface area is 223 Å². The first-order valence-electron chi connectivity index (χ1n) is 12.3. The molecule has 9 heteroatoms. The van der Waals surface area contributed by atoms with E-state index in [1.807, 2.05) is 13.8 Å². The fourth-order valence-electron chi connectivity index (χ4n) is 4.13. The van der Waals surface area contributed by atoms with Crippen LogP contribution in [0.5, 0.6) is 5.75 Å². The van der Waals surface area contributed by atoms with E-state index in [0.29, 0.717) is 33.8 Å². The molecule has 3 N–H and O–H groups in total. The molecule has 1 aliphatic rings. The van der Waals surface area contributed by atoms with E-state index in [1.54, 1.807) is 48.5 Å². The van der Waals surface area contributed by atoms with Crippen molar-refractivity contribution in [3.8, 4) is 5.75 Å². The molecule has 39 heavy (non-hydrogen) atoms. The Morgan fingerprint density at radius 2 is 1.69 bits per heavy atom. The number of hydrogen-bond donors (Lipinski definition) is 3. The third-order valence-electron chi connectivity index (χ3n) is 5.96.